The normalized spacial score (nSPS) is 13.8. The third-order valence-corrected chi connectivity index (χ3v) is 7.38. The molecule has 1 aliphatic heterocycles. The zero-order valence-electron chi connectivity index (χ0n) is 20.5. The molecule has 0 amide bonds. The number of sulfonamides is 1. The highest BCUT2D eigenvalue weighted by Gasteiger charge is 2.13. The van der Waals surface area contributed by atoms with E-state index in [-0.39, 0.29) is 4.90 Å². The smallest absolute Gasteiger partial charge is 0.238 e. The van der Waals surface area contributed by atoms with Gasteiger partial charge in [0.2, 0.25) is 10.0 Å². The van der Waals surface area contributed by atoms with Gasteiger partial charge in [-0.1, -0.05) is 35.9 Å². The molecule has 2 heterocycles. The molecule has 11 heteroatoms. The van der Waals surface area contributed by atoms with Crippen molar-refractivity contribution in [1.29, 1.82) is 0 Å². The highest BCUT2D eigenvalue weighted by atomic mass is 35.5. The monoisotopic (exact) mass is 550 g/mol. The summed E-state index contributed by atoms with van der Waals surface area (Å²) in [6.07, 6.45) is 1.45. The van der Waals surface area contributed by atoms with Crippen molar-refractivity contribution in [2.45, 2.75) is 11.4 Å². The molecule has 9 nitrogen and oxygen atoms in total. The van der Waals surface area contributed by atoms with Crippen molar-refractivity contribution in [1.82, 2.24) is 9.97 Å². The highest BCUT2D eigenvalue weighted by molar-refractivity contribution is 7.89. The molecule has 1 fully saturated rings. The van der Waals surface area contributed by atoms with E-state index in [0.29, 0.717) is 23.2 Å². The summed E-state index contributed by atoms with van der Waals surface area (Å²) in [4.78, 5) is 11.0. The van der Waals surface area contributed by atoms with Gasteiger partial charge in [0.15, 0.2) is 0 Å². The van der Waals surface area contributed by atoms with Crippen LogP contribution in [0, 0.1) is 0 Å². The summed E-state index contributed by atoms with van der Waals surface area (Å²) < 4.78 is 28.7. The van der Waals surface area contributed by atoms with Crippen LogP contribution in [0.25, 0.3) is 11.1 Å². The van der Waals surface area contributed by atoms with Crippen molar-refractivity contribution in [3.63, 3.8) is 0 Å². The molecule has 4 aromatic rings. The average Bonchev–Trinajstić information content (AvgIpc) is 2.93. The van der Waals surface area contributed by atoms with E-state index in [0.717, 1.165) is 54.4 Å². The van der Waals surface area contributed by atoms with Crippen molar-refractivity contribution in [2.75, 3.05) is 41.8 Å². The number of aromatic nitrogens is 2. The molecular weight excluding hydrogens is 524 g/mol. The molecule has 196 valence electrons. The Balaban J connectivity index is 1.30. The van der Waals surface area contributed by atoms with Crippen LogP contribution in [0.15, 0.2) is 84.0 Å². The fourth-order valence-electron chi connectivity index (χ4n) is 4.21. The minimum absolute atomic E-state index is 0.0656. The van der Waals surface area contributed by atoms with Crippen LogP contribution in [0.1, 0.15) is 5.56 Å². The SMILES string of the molecule is NS(=O)(=O)c1cccc(CNc2cc(Nc3ccc(Cl)c(-c4cccc(N5CCOCC5)c4)c3)ncn2)c1. The summed E-state index contributed by atoms with van der Waals surface area (Å²) in [5, 5.41) is 12.4. The molecule has 1 aliphatic rings. The van der Waals surface area contributed by atoms with Crippen LogP contribution in [-0.4, -0.2) is 44.7 Å². The predicted molar refractivity (Wildman–Crippen MR) is 150 cm³/mol. The second-order valence-corrected chi connectivity index (χ2v) is 10.8. The zero-order chi connectivity index (χ0) is 26.5. The molecule has 0 bridgehead atoms. The van der Waals surface area contributed by atoms with Crippen LogP contribution >= 0.6 is 11.6 Å². The second-order valence-electron chi connectivity index (χ2n) is 8.80. The summed E-state index contributed by atoms with van der Waals surface area (Å²) in [5.74, 6) is 1.17. The fourth-order valence-corrected chi connectivity index (χ4v) is 5.02. The maximum absolute atomic E-state index is 11.6. The Morgan fingerprint density at radius 2 is 1.74 bits per heavy atom. The van der Waals surface area contributed by atoms with Gasteiger partial charge >= 0.3 is 0 Å². The van der Waals surface area contributed by atoms with E-state index in [1.807, 2.05) is 36.4 Å². The van der Waals surface area contributed by atoms with Gasteiger partial charge in [0.05, 0.1) is 18.1 Å². The van der Waals surface area contributed by atoms with Crippen LogP contribution in [0.3, 0.4) is 0 Å². The molecule has 0 saturated carbocycles. The second kappa shape index (κ2) is 11.4. The van der Waals surface area contributed by atoms with Crippen molar-refractivity contribution < 1.29 is 13.2 Å². The van der Waals surface area contributed by atoms with E-state index >= 15 is 0 Å². The van der Waals surface area contributed by atoms with Crippen LogP contribution < -0.4 is 20.7 Å². The lowest BCUT2D eigenvalue weighted by Gasteiger charge is -2.29. The third kappa shape index (κ3) is 6.40. The van der Waals surface area contributed by atoms with Gasteiger partial charge in [-0.15, -0.1) is 0 Å². The Morgan fingerprint density at radius 1 is 0.947 bits per heavy atom. The fraction of sp³-hybridized carbons (Fsp3) is 0.185. The molecule has 5 rings (SSSR count). The molecule has 3 aromatic carbocycles. The molecule has 4 N–H and O–H groups in total. The molecular formula is C27H27ClN6O3S. The van der Waals surface area contributed by atoms with Crippen LogP contribution in [0.4, 0.5) is 23.0 Å². The van der Waals surface area contributed by atoms with Gasteiger partial charge in [-0.2, -0.15) is 0 Å². The van der Waals surface area contributed by atoms with Gasteiger partial charge in [0.25, 0.3) is 0 Å². The van der Waals surface area contributed by atoms with Crippen molar-refractivity contribution in [2.24, 2.45) is 5.14 Å². The number of nitrogens with two attached hydrogens (primary N) is 1. The quantitative estimate of drug-likeness (QED) is 0.290. The topological polar surface area (TPSA) is 122 Å². The van der Waals surface area contributed by atoms with Crippen molar-refractivity contribution >= 4 is 44.6 Å². The van der Waals surface area contributed by atoms with E-state index in [4.69, 9.17) is 21.5 Å². The number of nitrogens with one attached hydrogen (secondary N) is 2. The van der Waals surface area contributed by atoms with E-state index in [9.17, 15) is 8.42 Å². The largest absolute Gasteiger partial charge is 0.378 e. The number of hydrogen-bond acceptors (Lipinski definition) is 8. The molecule has 0 atom stereocenters. The van der Waals surface area contributed by atoms with Gasteiger partial charge in [-0.25, -0.2) is 23.5 Å². The average molecular weight is 551 g/mol. The van der Waals surface area contributed by atoms with Crippen molar-refractivity contribution in [3.05, 3.63) is 89.7 Å². The third-order valence-electron chi connectivity index (χ3n) is 6.14. The lowest BCUT2D eigenvalue weighted by atomic mass is 10.0. The number of rotatable bonds is 8. The Kier molecular flexibility index (Phi) is 7.75. The minimum atomic E-state index is -3.76. The summed E-state index contributed by atoms with van der Waals surface area (Å²) >= 11 is 6.59. The van der Waals surface area contributed by atoms with Gasteiger partial charge < -0.3 is 20.3 Å². The zero-order valence-corrected chi connectivity index (χ0v) is 22.0. The summed E-state index contributed by atoms with van der Waals surface area (Å²) in [7, 11) is -3.76. The van der Waals surface area contributed by atoms with E-state index in [1.54, 1.807) is 12.1 Å². The van der Waals surface area contributed by atoms with Gasteiger partial charge in [-0.3, -0.25) is 0 Å². The summed E-state index contributed by atoms with van der Waals surface area (Å²) in [6.45, 7) is 3.54. The van der Waals surface area contributed by atoms with E-state index in [2.05, 4.69) is 37.6 Å². The molecule has 38 heavy (non-hydrogen) atoms. The highest BCUT2D eigenvalue weighted by Crippen LogP contribution is 2.33. The number of primary sulfonamides is 1. The number of benzene rings is 3. The molecule has 0 aliphatic carbocycles. The van der Waals surface area contributed by atoms with Gasteiger partial charge in [-0.05, 0) is 53.6 Å². The Bertz CT molecular complexity index is 1540. The number of morpholine rings is 1. The Hall–Kier alpha value is -3.70. The summed E-state index contributed by atoms with van der Waals surface area (Å²) in [5.41, 5.74) is 4.66. The van der Waals surface area contributed by atoms with Crippen LogP contribution in [-0.2, 0) is 21.3 Å². The van der Waals surface area contributed by atoms with E-state index in [1.165, 1.54) is 18.5 Å². The van der Waals surface area contributed by atoms with E-state index < -0.39 is 10.0 Å². The number of halogens is 1. The number of nitrogens with zero attached hydrogens (tertiary/aromatic N) is 3. The number of hydrogen-bond donors (Lipinski definition) is 3. The molecule has 1 aromatic heterocycles. The first-order valence-electron chi connectivity index (χ1n) is 12.0. The summed E-state index contributed by atoms with van der Waals surface area (Å²) in [6, 6.07) is 22.3. The minimum Gasteiger partial charge on any atom is -0.378 e. The molecule has 0 unspecified atom stereocenters. The van der Waals surface area contributed by atoms with Crippen LogP contribution in [0.2, 0.25) is 5.02 Å². The lowest BCUT2D eigenvalue weighted by molar-refractivity contribution is 0.122. The van der Waals surface area contributed by atoms with Gasteiger partial charge in [0, 0.05) is 47.7 Å². The van der Waals surface area contributed by atoms with Gasteiger partial charge in [0.1, 0.15) is 18.0 Å². The standard InChI is InChI=1S/C27H27ClN6O3S/c28-25-8-7-21(15-24(25)20-4-2-5-22(14-20)34-9-11-37-12-10-34)33-27-16-26(31-18-32-27)30-17-19-3-1-6-23(13-19)38(29,35)36/h1-8,13-16,18H,9-12,17H2,(H2,29,35,36)(H2,30,31,32,33). The first-order chi connectivity index (χ1) is 18.3. The Morgan fingerprint density at radius 3 is 2.55 bits per heavy atom. The van der Waals surface area contributed by atoms with Crippen LogP contribution in [0.5, 0.6) is 0 Å². The molecule has 0 radical (unpaired) electrons. The number of anilines is 4. The number of ether oxygens (including phenoxy) is 1. The first-order valence-corrected chi connectivity index (χ1v) is 13.9. The maximum Gasteiger partial charge on any atom is 0.238 e. The lowest BCUT2D eigenvalue weighted by Crippen LogP contribution is -2.36. The maximum atomic E-state index is 11.6. The molecule has 1 saturated heterocycles. The molecule has 0 spiro atoms. The predicted octanol–water partition coefficient (Wildman–Crippen LogP) is 4.64. The Labute approximate surface area is 226 Å². The first kappa shape index (κ1) is 25.9. The van der Waals surface area contributed by atoms with Crippen molar-refractivity contribution in [3.8, 4) is 11.1 Å².